The molecule has 1 heterocycles. The molecule has 3 nitrogen and oxygen atoms in total. The van der Waals surface area contributed by atoms with Crippen molar-refractivity contribution in [3.05, 3.63) is 28.8 Å². The van der Waals surface area contributed by atoms with Gasteiger partial charge in [-0.3, -0.25) is 0 Å². The maximum absolute atomic E-state index is 6.19. The summed E-state index contributed by atoms with van der Waals surface area (Å²) in [6.45, 7) is 8.26. The first-order chi connectivity index (χ1) is 9.65. The Morgan fingerprint density at radius 2 is 2.25 bits per heavy atom. The number of piperidine rings is 1. The van der Waals surface area contributed by atoms with E-state index in [1.807, 2.05) is 13.2 Å². The standard InChI is InChI=1S/C16H25ClN2O/c1-4-18-10-13-5-6-14(17)9-15(13)19-8-7-12(2)16(11-19)20-3/h5-6,9,12,16,18H,4,7-8,10-11H2,1-3H3. The van der Waals surface area contributed by atoms with Gasteiger partial charge in [-0.05, 0) is 36.6 Å². The molecule has 2 rings (SSSR count). The summed E-state index contributed by atoms with van der Waals surface area (Å²) >= 11 is 6.19. The first-order valence-electron chi connectivity index (χ1n) is 7.42. The Morgan fingerprint density at radius 1 is 1.45 bits per heavy atom. The fraction of sp³-hybridized carbons (Fsp3) is 0.625. The molecular weight excluding hydrogens is 272 g/mol. The molecule has 0 radical (unpaired) electrons. The van der Waals surface area contributed by atoms with Crippen molar-refractivity contribution in [2.75, 3.05) is 31.6 Å². The number of ether oxygens (including phenoxy) is 1. The van der Waals surface area contributed by atoms with Crippen molar-refractivity contribution in [3.8, 4) is 0 Å². The highest BCUT2D eigenvalue weighted by Gasteiger charge is 2.27. The molecule has 112 valence electrons. The van der Waals surface area contributed by atoms with E-state index in [0.717, 1.165) is 37.6 Å². The molecule has 1 fully saturated rings. The molecule has 4 heteroatoms. The lowest BCUT2D eigenvalue weighted by Crippen LogP contribution is -2.44. The SMILES string of the molecule is CCNCc1ccc(Cl)cc1N1CCC(C)C(OC)C1. The molecule has 0 amide bonds. The number of hydrogen-bond acceptors (Lipinski definition) is 3. The third-order valence-electron chi connectivity index (χ3n) is 4.15. The van der Waals surface area contributed by atoms with Gasteiger partial charge in [0.05, 0.1) is 6.10 Å². The van der Waals surface area contributed by atoms with Gasteiger partial charge in [0.15, 0.2) is 0 Å². The van der Waals surface area contributed by atoms with Crippen LogP contribution in [0, 0.1) is 5.92 Å². The van der Waals surface area contributed by atoms with Crippen molar-refractivity contribution in [1.29, 1.82) is 0 Å². The number of nitrogens with one attached hydrogen (secondary N) is 1. The van der Waals surface area contributed by atoms with Crippen molar-refractivity contribution in [2.45, 2.75) is 32.9 Å². The van der Waals surface area contributed by atoms with Crippen LogP contribution in [0.4, 0.5) is 5.69 Å². The first kappa shape index (κ1) is 15.6. The van der Waals surface area contributed by atoms with Crippen LogP contribution in [0.1, 0.15) is 25.8 Å². The number of hydrogen-bond donors (Lipinski definition) is 1. The van der Waals surface area contributed by atoms with Crippen molar-refractivity contribution in [2.24, 2.45) is 5.92 Å². The summed E-state index contributed by atoms with van der Waals surface area (Å²) in [7, 11) is 1.81. The van der Waals surface area contributed by atoms with Gasteiger partial charge in [-0.2, -0.15) is 0 Å². The fourth-order valence-electron chi connectivity index (χ4n) is 2.80. The molecule has 0 aliphatic carbocycles. The van der Waals surface area contributed by atoms with Gasteiger partial charge in [0.25, 0.3) is 0 Å². The third-order valence-corrected chi connectivity index (χ3v) is 4.38. The summed E-state index contributed by atoms with van der Waals surface area (Å²) < 4.78 is 5.62. The normalized spacial score (nSPS) is 23.1. The lowest BCUT2D eigenvalue weighted by Gasteiger charge is -2.38. The molecule has 1 aromatic rings. The van der Waals surface area contributed by atoms with Gasteiger partial charge in [-0.1, -0.05) is 31.5 Å². The zero-order valence-corrected chi connectivity index (χ0v) is 13.4. The Labute approximate surface area is 127 Å². The molecule has 0 aromatic heterocycles. The van der Waals surface area contributed by atoms with Gasteiger partial charge in [-0.25, -0.2) is 0 Å². The summed E-state index contributed by atoms with van der Waals surface area (Å²) in [5.74, 6) is 0.618. The number of anilines is 1. The highest BCUT2D eigenvalue weighted by Crippen LogP contribution is 2.30. The molecule has 2 atom stereocenters. The van der Waals surface area contributed by atoms with Gasteiger partial charge in [-0.15, -0.1) is 0 Å². The number of methoxy groups -OCH3 is 1. The van der Waals surface area contributed by atoms with Crippen molar-refractivity contribution < 1.29 is 4.74 Å². The summed E-state index contributed by atoms with van der Waals surface area (Å²) in [6, 6.07) is 6.18. The van der Waals surface area contributed by atoms with Gasteiger partial charge < -0.3 is 15.0 Å². The second-order valence-electron chi connectivity index (χ2n) is 5.54. The molecule has 1 aliphatic heterocycles. The smallest absolute Gasteiger partial charge is 0.0772 e. The molecule has 1 N–H and O–H groups in total. The van der Waals surface area contributed by atoms with E-state index in [1.54, 1.807) is 0 Å². The Bertz CT molecular complexity index is 438. The van der Waals surface area contributed by atoms with E-state index in [-0.39, 0.29) is 0 Å². The van der Waals surface area contributed by atoms with Crippen LogP contribution < -0.4 is 10.2 Å². The van der Waals surface area contributed by atoms with E-state index in [1.165, 1.54) is 11.3 Å². The molecule has 2 unspecified atom stereocenters. The van der Waals surface area contributed by atoms with Crippen LogP contribution in [0.5, 0.6) is 0 Å². The Hall–Kier alpha value is -0.770. The molecule has 1 aliphatic rings. The highest BCUT2D eigenvalue weighted by atomic mass is 35.5. The number of halogens is 1. The van der Waals surface area contributed by atoms with E-state index in [4.69, 9.17) is 16.3 Å². The quantitative estimate of drug-likeness (QED) is 0.902. The van der Waals surface area contributed by atoms with Crippen LogP contribution in [0.3, 0.4) is 0 Å². The number of rotatable bonds is 5. The van der Waals surface area contributed by atoms with Gasteiger partial charge in [0.1, 0.15) is 0 Å². The van der Waals surface area contributed by atoms with Gasteiger partial charge in [0.2, 0.25) is 0 Å². The maximum atomic E-state index is 6.19. The molecule has 20 heavy (non-hydrogen) atoms. The average Bonchev–Trinajstić information content (AvgIpc) is 2.46. The topological polar surface area (TPSA) is 24.5 Å². The van der Waals surface area contributed by atoms with E-state index < -0.39 is 0 Å². The predicted octanol–water partition coefficient (Wildman–Crippen LogP) is 3.31. The highest BCUT2D eigenvalue weighted by molar-refractivity contribution is 6.30. The van der Waals surface area contributed by atoms with Gasteiger partial charge >= 0.3 is 0 Å². The summed E-state index contributed by atoms with van der Waals surface area (Å²) in [6.07, 6.45) is 1.46. The Morgan fingerprint density at radius 3 is 2.95 bits per heavy atom. The molecule has 0 saturated carbocycles. The second kappa shape index (κ2) is 7.30. The largest absolute Gasteiger partial charge is 0.379 e. The van der Waals surface area contributed by atoms with Crippen molar-refractivity contribution in [3.63, 3.8) is 0 Å². The monoisotopic (exact) mass is 296 g/mol. The van der Waals surface area contributed by atoms with E-state index in [9.17, 15) is 0 Å². The minimum atomic E-state index is 0.301. The summed E-state index contributed by atoms with van der Waals surface area (Å²) in [4.78, 5) is 2.41. The summed E-state index contributed by atoms with van der Waals surface area (Å²) in [5.41, 5.74) is 2.55. The van der Waals surface area contributed by atoms with Crippen molar-refractivity contribution >= 4 is 17.3 Å². The van der Waals surface area contributed by atoms with Crippen molar-refractivity contribution in [1.82, 2.24) is 5.32 Å². The molecular formula is C16H25ClN2O. The van der Waals surface area contributed by atoms with Crippen LogP contribution in [0.25, 0.3) is 0 Å². The third kappa shape index (κ3) is 3.66. The second-order valence-corrected chi connectivity index (χ2v) is 5.98. The predicted molar refractivity (Wildman–Crippen MR) is 85.6 cm³/mol. The van der Waals surface area contributed by atoms with Crippen LogP contribution in [0.2, 0.25) is 5.02 Å². The maximum Gasteiger partial charge on any atom is 0.0772 e. The summed E-state index contributed by atoms with van der Waals surface area (Å²) in [5, 5.41) is 4.20. The molecule has 1 saturated heterocycles. The minimum absolute atomic E-state index is 0.301. The van der Waals surface area contributed by atoms with Crippen LogP contribution in [-0.2, 0) is 11.3 Å². The number of nitrogens with zero attached hydrogens (tertiary/aromatic N) is 1. The number of benzene rings is 1. The van der Waals surface area contributed by atoms with E-state index in [0.29, 0.717) is 12.0 Å². The van der Waals surface area contributed by atoms with Crippen LogP contribution in [0.15, 0.2) is 18.2 Å². The van der Waals surface area contributed by atoms with Gasteiger partial charge in [0, 0.05) is 37.5 Å². The zero-order chi connectivity index (χ0) is 14.5. The zero-order valence-electron chi connectivity index (χ0n) is 12.7. The Balaban J connectivity index is 2.19. The molecule has 1 aromatic carbocycles. The molecule has 0 spiro atoms. The Kier molecular flexibility index (Phi) is 5.70. The average molecular weight is 297 g/mol. The first-order valence-corrected chi connectivity index (χ1v) is 7.80. The molecule has 0 bridgehead atoms. The lowest BCUT2D eigenvalue weighted by molar-refractivity contribution is 0.0498. The van der Waals surface area contributed by atoms with E-state index >= 15 is 0 Å². The fourth-order valence-corrected chi connectivity index (χ4v) is 2.97. The lowest BCUT2D eigenvalue weighted by atomic mass is 9.95. The van der Waals surface area contributed by atoms with E-state index in [2.05, 4.69) is 36.2 Å². The van der Waals surface area contributed by atoms with Crippen LogP contribution >= 0.6 is 11.6 Å². The minimum Gasteiger partial charge on any atom is -0.379 e. The van der Waals surface area contributed by atoms with Crippen LogP contribution in [-0.4, -0.2) is 32.8 Å².